The molecule has 0 aliphatic carbocycles. The van der Waals surface area contributed by atoms with E-state index in [9.17, 15) is 4.79 Å². The normalized spacial score (nSPS) is 17.6. The number of aryl methyl sites for hydroxylation is 1. The van der Waals surface area contributed by atoms with Crippen LogP contribution in [0.2, 0.25) is 0 Å². The van der Waals surface area contributed by atoms with Crippen LogP contribution >= 0.6 is 0 Å². The highest BCUT2D eigenvalue weighted by molar-refractivity contribution is 5.76. The maximum absolute atomic E-state index is 12.5. The zero-order valence-electron chi connectivity index (χ0n) is 15.6. The number of furan rings is 1. The molecule has 1 amide bonds. The lowest BCUT2D eigenvalue weighted by molar-refractivity contribution is -0.131. The maximum atomic E-state index is 12.5. The maximum Gasteiger partial charge on any atom is 0.222 e. The summed E-state index contributed by atoms with van der Waals surface area (Å²) in [6.07, 6.45) is 9.61. The second-order valence-corrected chi connectivity index (χ2v) is 7.08. The smallest absolute Gasteiger partial charge is 0.222 e. The molecule has 1 aliphatic heterocycles. The SMILES string of the molecule is CN(C)c1ccc(NC2CCCN(C(=O)CCc3ccoc3)CC2)cn1. The monoisotopic (exact) mass is 356 g/mol. The van der Waals surface area contributed by atoms with Crippen LogP contribution in [0.5, 0.6) is 0 Å². The largest absolute Gasteiger partial charge is 0.472 e. The van der Waals surface area contributed by atoms with Gasteiger partial charge in [-0.05, 0) is 49.4 Å². The molecule has 26 heavy (non-hydrogen) atoms. The van der Waals surface area contributed by atoms with Crippen molar-refractivity contribution in [3.63, 3.8) is 0 Å². The fourth-order valence-electron chi connectivity index (χ4n) is 3.31. The van der Waals surface area contributed by atoms with Gasteiger partial charge in [0.05, 0.1) is 24.4 Å². The van der Waals surface area contributed by atoms with Crippen molar-refractivity contribution in [2.24, 2.45) is 0 Å². The Morgan fingerprint density at radius 1 is 1.31 bits per heavy atom. The van der Waals surface area contributed by atoms with Crippen LogP contribution in [0, 0.1) is 0 Å². The third kappa shape index (κ3) is 5.00. The summed E-state index contributed by atoms with van der Waals surface area (Å²) in [5.74, 6) is 1.19. The van der Waals surface area contributed by atoms with Gasteiger partial charge in [-0.2, -0.15) is 0 Å². The summed E-state index contributed by atoms with van der Waals surface area (Å²) in [4.78, 5) is 20.9. The first-order chi connectivity index (χ1) is 12.6. The highest BCUT2D eigenvalue weighted by Gasteiger charge is 2.20. The van der Waals surface area contributed by atoms with E-state index >= 15 is 0 Å². The number of amides is 1. The van der Waals surface area contributed by atoms with Crippen LogP contribution < -0.4 is 10.2 Å². The molecule has 1 unspecified atom stereocenters. The third-order valence-corrected chi connectivity index (χ3v) is 4.87. The molecule has 0 aromatic carbocycles. The molecule has 1 atom stereocenters. The van der Waals surface area contributed by atoms with E-state index in [2.05, 4.69) is 16.4 Å². The van der Waals surface area contributed by atoms with E-state index in [4.69, 9.17) is 4.42 Å². The standard InChI is InChI=1S/C20H28N4O2/c1-23(2)19-7-6-18(14-21-19)22-17-4-3-11-24(12-9-17)20(25)8-5-16-10-13-26-15-16/h6-7,10,13-15,17,22H,3-5,8-9,11-12H2,1-2H3. The summed E-state index contributed by atoms with van der Waals surface area (Å²) in [5, 5.41) is 3.57. The van der Waals surface area contributed by atoms with E-state index in [0.717, 1.165) is 55.8 Å². The van der Waals surface area contributed by atoms with Gasteiger partial charge in [-0.25, -0.2) is 4.98 Å². The molecule has 0 bridgehead atoms. The van der Waals surface area contributed by atoms with Crippen molar-refractivity contribution < 1.29 is 9.21 Å². The summed E-state index contributed by atoms with van der Waals surface area (Å²) in [7, 11) is 3.97. The van der Waals surface area contributed by atoms with E-state index in [1.807, 2.05) is 42.2 Å². The number of pyridine rings is 1. The minimum Gasteiger partial charge on any atom is -0.472 e. The van der Waals surface area contributed by atoms with Crippen molar-refractivity contribution in [2.45, 2.75) is 38.1 Å². The molecule has 0 spiro atoms. The van der Waals surface area contributed by atoms with Crippen molar-refractivity contribution in [3.05, 3.63) is 42.5 Å². The lowest BCUT2D eigenvalue weighted by atomic mass is 10.1. The summed E-state index contributed by atoms with van der Waals surface area (Å²) in [5.41, 5.74) is 2.13. The van der Waals surface area contributed by atoms with Gasteiger partial charge in [-0.1, -0.05) is 0 Å². The number of nitrogens with one attached hydrogen (secondary N) is 1. The molecule has 1 N–H and O–H groups in total. The number of anilines is 2. The van der Waals surface area contributed by atoms with Crippen LogP contribution in [-0.2, 0) is 11.2 Å². The number of rotatable bonds is 6. The van der Waals surface area contributed by atoms with Gasteiger partial charge in [-0.15, -0.1) is 0 Å². The van der Waals surface area contributed by atoms with E-state index in [1.165, 1.54) is 0 Å². The van der Waals surface area contributed by atoms with Gasteiger partial charge in [0.1, 0.15) is 5.82 Å². The number of hydrogen-bond acceptors (Lipinski definition) is 5. The van der Waals surface area contributed by atoms with Gasteiger partial charge in [0.25, 0.3) is 0 Å². The zero-order valence-corrected chi connectivity index (χ0v) is 15.6. The average molecular weight is 356 g/mol. The molecule has 6 heteroatoms. The van der Waals surface area contributed by atoms with Crippen LogP contribution in [-0.4, -0.2) is 49.0 Å². The Hall–Kier alpha value is -2.50. The van der Waals surface area contributed by atoms with Crippen molar-refractivity contribution in [1.29, 1.82) is 0 Å². The number of likely N-dealkylation sites (tertiary alicyclic amines) is 1. The Balaban J connectivity index is 1.47. The summed E-state index contributed by atoms with van der Waals surface area (Å²) < 4.78 is 5.06. The number of carbonyl (C=O) groups is 1. The first kappa shape index (κ1) is 18.3. The van der Waals surface area contributed by atoms with Crippen LogP contribution in [0.4, 0.5) is 11.5 Å². The average Bonchev–Trinajstić information content (AvgIpc) is 3.05. The molecule has 1 aliphatic rings. The van der Waals surface area contributed by atoms with Gasteiger partial charge in [0.15, 0.2) is 0 Å². The predicted octanol–water partition coefficient (Wildman–Crippen LogP) is 3.17. The van der Waals surface area contributed by atoms with Gasteiger partial charge < -0.3 is 19.5 Å². The Bertz CT molecular complexity index is 682. The highest BCUT2D eigenvalue weighted by Crippen LogP contribution is 2.19. The molecule has 1 saturated heterocycles. The Morgan fingerprint density at radius 2 is 2.19 bits per heavy atom. The van der Waals surface area contributed by atoms with Crippen LogP contribution in [0.25, 0.3) is 0 Å². The van der Waals surface area contributed by atoms with Crippen LogP contribution in [0.3, 0.4) is 0 Å². The molecule has 2 aromatic rings. The molecule has 3 rings (SSSR count). The predicted molar refractivity (Wildman–Crippen MR) is 103 cm³/mol. The number of aromatic nitrogens is 1. The summed E-state index contributed by atoms with van der Waals surface area (Å²) in [6.45, 7) is 1.66. The first-order valence-electron chi connectivity index (χ1n) is 9.30. The minimum absolute atomic E-state index is 0.240. The van der Waals surface area contributed by atoms with Crippen molar-refractivity contribution in [3.8, 4) is 0 Å². The second kappa shape index (κ2) is 8.74. The van der Waals surface area contributed by atoms with Crippen molar-refractivity contribution >= 4 is 17.4 Å². The van der Waals surface area contributed by atoms with E-state index in [0.29, 0.717) is 12.5 Å². The lowest BCUT2D eigenvalue weighted by Gasteiger charge is -2.21. The molecule has 1 fully saturated rings. The molecule has 2 aromatic heterocycles. The topological polar surface area (TPSA) is 61.6 Å². The minimum atomic E-state index is 0.240. The van der Waals surface area contributed by atoms with E-state index in [1.54, 1.807) is 12.5 Å². The van der Waals surface area contributed by atoms with Crippen molar-refractivity contribution in [2.75, 3.05) is 37.4 Å². The van der Waals surface area contributed by atoms with Gasteiger partial charge in [-0.3, -0.25) is 4.79 Å². The number of nitrogens with zero attached hydrogens (tertiary/aromatic N) is 3. The fraction of sp³-hybridized carbons (Fsp3) is 0.500. The fourth-order valence-corrected chi connectivity index (χ4v) is 3.31. The summed E-state index contributed by atoms with van der Waals surface area (Å²) >= 11 is 0. The van der Waals surface area contributed by atoms with Gasteiger partial charge in [0.2, 0.25) is 5.91 Å². The van der Waals surface area contributed by atoms with Gasteiger partial charge >= 0.3 is 0 Å². The van der Waals surface area contributed by atoms with E-state index in [-0.39, 0.29) is 5.91 Å². The molecule has 3 heterocycles. The van der Waals surface area contributed by atoms with E-state index < -0.39 is 0 Å². The molecule has 140 valence electrons. The molecule has 0 saturated carbocycles. The summed E-state index contributed by atoms with van der Waals surface area (Å²) in [6, 6.07) is 6.39. The van der Waals surface area contributed by atoms with Crippen LogP contribution in [0.1, 0.15) is 31.2 Å². The Kier molecular flexibility index (Phi) is 6.15. The highest BCUT2D eigenvalue weighted by atomic mass is 16.3. The Morgan fingerprint density at radius 3 is 2.88 bits per heavy atom. The number of carbonyl (C=O) groups excluding carboxylic acids is 1. The van der Waals surface area contributed by atoms with Crippen molar-refractivity contribution in [1.82, 2.24) is 9.88 Å². The molecular weight excluding hydrogens is 328 g/mol. The Labute approximate surface area is 155 Å². The first-order valence-corrected chi connectivity index (χ1v) is 9.30. The second-order valence-electron chi connectivity index (χ2n) is 7.08. The zero-order chi connectivity index (χ0) is 18.4. The molecule has 0 radical (unpaired) electrons. The van der Waals surface area contributed by atoms with Gasteiger partial charge in [0, 0.05) is 39.6 Å². The molecular formula is C20H28N4O2. The quantitative estimate of drug-likeness (QED) is 0.861. The number of hydrogen-bond donors (Lipinski definition) is 1. The third-order valence-electron chi connectivity index (χ3n) is 4.87. The molecule has 6 nitrogen and oxygen atoms in total. The van der Waals surface area contributed by atoms with Crippen LogP contribution in [0.15, 0.2) is 41.3 Å². The lowest BCUT2D eigenvalue weighted by Crippen LogP contribution is -2.32.